The van der Waals surface area contributed by atoms with Gasteiger partial charge in [-0.2, -0.15) is 0 Å². The molecular formula is C15H23N3O. The van der Waals surface area contributed by atoms with E-state index in [1.54, 1.807) is 0 Å². The fourth-order valence-corrected chi connectivity index (χ4v) is 2.70. The molecule has 104 valence electrons. The lowest BCUT2D eigenvalue weighted by atomic mass is 10.1. The molecule has 0 aromatic carbocycles. The van der Waals surface area contributed by atoms with Crippen molar-refractivity contribution in [1.82, 2.24) is 15.3 Å². The zero-order valence-corrected chi connectivity index (χ0v) is 11.9. The summed E-state index contributed by atoms with van der Waals surface area (Å²) in [5.74, 6) is 0.942. The molecular weight excluding hydrogens is 238 g/mol. The van der Waals surface area contributed by atoms with Gasteiger partial charge in [-0.15, -0.1) is 0 Å². The molecule has 0 radical (unpaired) electrons. The van der Waals surface area contributed by atoms with E-state index in [1.807, 2.05) is 0 Å². The largest absolute Gasteiger partial charge is 0.378 e. The Kier molecular flexibility index (Phi) is 3.80. The average Bonchev–Trinajstić information content (AvgIpc) is 3.05. The van der Waals surface area contributed by atoms with Crippen LogP contribution in [0.4, 0.5) is 0 Å². The molecule has 1 aliphatic heterocycles. The molecule has 1 aromatic rings. The zero-order chi connectivity index (χ0) is 13.2. The Morgan fingerprint density at radius 2 is 1.89 bits per heavy atom. The van der Waals surface area contributed by atoms with Gasteiger partial charge in [-0.25, -0.2) is 9.97 Å². The first-order valence-electron chi connectivity index (χ1n) is 7.40. The molecule has 3 rings (SSSR count). The van der Waals surface area contributed by atoms with Gasteiger partial charge in [-0.05, 0) is 39.5 Å². The number of nitrogens with one attached hydrogen (secondary N) is 1. The second-order valence-electron chi connectivity index (χ2n) is 5.78. The van der Waals surface area contributed by atoms with Crippen molar-refractivity contribution in [2.75, 3.05) is 6.61 Å². The molecule has 0 bridgehead atoms. The summed E-state index contributed by atoms with van der Waals surface area (Å²) in [4.78, 5) is 9.33. The van der Waals surface area contributed by atoms with Crippen molar-refractivity contribution in [3.63, 3.8) is 0 Å². The van der Waals surface area contributed by atoms with E-state index in [9.17, 15) is 0 Å². The fraction of sp³-hybridized carbons (Fsp3) is 0.733. The van der Waals surface area contributed by atoms with E-state index in [1.165, 1.54) is 24.8 Å². The third kappa shape index (κ3) is 3.31. The molecule has 1 unspecified atom stereocenters. The first-order valence-corrected chi connectivity index (χ1v) is 7.40. The number of hydrogen-bond acceptors (Lipinski definition) is 4. The van der Waals surface area contributed by atoms with Gasteiger partial charge in [0.05, 0.1) is 6.10 Å². The molecule has 1 aliphatic carbocycles. The maximum atomic E-state index is 5.66. The average molecular weight is 261 g/mol. The van der Waals surface area contributed by atoms with Crippen LogP contribution < -0.4 is 5.32 Å². The van der Waals surface area contributed by atoms with Crippen molar-refractivity contribution in [3.05, 3.63) is 22.8 Å². The lowest BCUT2D eigenvalue weighted by molar-refractivity contribution is 0.110. The first-order chi connectivity index (χ1) is 9.22. The van der Waals surface area contributed by atoms with E-state index in [0.717, 1.165) is 49.2 Å². The number of hydrogen-bond donors (Lipinski definition) is 1. The Bertz CT molecular complexity index is 428. The monoisotopic (exact) mass is 261 g/mol. The first kappa shape index (κ1) is 13.0. The maximum absolute atomic E-state index is 5.66. The Morgan fingerprint density at radius 3 is 2.47 bits per heavy atom. The Morgan fingerprint density at radius 1 is 1.16 bits per heavy atom. The highest BCUT2D eigenvalue weighted by Crippen LogP contribution is 2.21. The van der Waals surface area contributed by atoms with Gasteiger partial charge in [-0.1, -0.05) is 0 Å². The summed E-state index contributed by atoms with van der Waals surface area (Å²) in [6.45, 7) is 5.99. The molecule has 1 N–H and O–H groups in total. The minimum atomic E-state index is 0.328. The van der Waals surface area contributed by atoms with Crippen molar-refractivity contribution in [3.8, 4) is 0 Å². The van der Waals surface area contributed by atoms with Gasteiger partial charge in [0.15, 0.2) is 0 Å². The Hall–Kier alpha value is -1.00. The second-order valence-corrected chi connectivity index (χ2v) is 5.78. The molecule has 1 saturated heterocycles. The van der Waals surface area contributed by atoms with Crippen LogP contribution in [0, 0.1) is 13.8 Å². The molecule has 2 aliphatic rings. The van der Waals surface area contributed by atoms with Gasteiger partial charge < -0.3 is 10.1 Å². The molecule has 4 heteroatoms. The summed E-state index contributed by atoms with van der Waals surface area (Å²) in [5, 5.41) is 3.54. The van der Waals surface area contributed by atoms with E-state index >= 15 is 0 Å². The normalized spacial score (nSPS) is 22.9. The number of rotatable bonds is 5. The van der Waals surface area contributed by atoms with Crippen molar-refractivity contribution in [1.29, 1.82) is 0 Å². The number of ether oxygens (including phenoxy) is 1. The number of aromatic nitrogens is 2. The van der Waals surface area contributed by atoms with Crippen LogP contribution in [0.3, 0.4) is 0 Å². The maximum Gasteiger partial charge on any atom is 0.131 e. The highest BCUT2D eigenvalue weighted by atomic mass is 16.5. The van der Waals surface area contributed by atoms with Crippen LogP contribution in [0.1, 0.15) is 48.5 Å². The Labute approximate surface area is 115 Å². The van der Waals surface area contributed by atoms with Crippen molar-refractivity contribution in [2.24, 2.45) is 0 Å². The third-order valence-corrected chi connectivity index (χ3v) is 4.05. The molecule has 1 atom stereocenters. The van der Waals surface area contributed by atoms with Gasteiger partial charge in [0, 0.05) is 42.6 Å². The van der Waals surface area contributed by atoms with E-state index in [-0.39, 0.29) is 0 Å². The smallest absolute Gasteiger partial charge is 0.131 e. The predicted molar refractivity (Wildman–Crippen MR) is 74.0 cm³/mol. The van der Waals surface area contributed by atoms with Crippen LogP contribution in [0.5, 0.6) is 0 Å². The highest BCUT2D eigenvalue weighted by molar-refractivity contribution is 5.24. The van der Waals surface area contributed by atoms with Crippen LogP contribution in [0.15, 0.2) is 0 Å². The van der Waals surface area contributed by atoms with Gasteiger partial charge >= 0.3 is 0 Å². The number of nitrogens with zero attached hydrogens (tertiary/aromatic N) is 2. The van der Waals surface area contributed by atoms with Crippen LogP contribution in [-0.2, 0) is 17.7 Å². The lowest BCUT2D eigenvalue weighted by Crippen LogP contribution is -2.19. The van der Waals surface area contributed by atoms with Gasteiger partial charge in [0.1, 0.15) is 5.82 Å². The molecule has 1 saturated carbocycles. The summed E-state index contributed by atoms with van der Waals surface area (Å²) >= 11 is 0. The summed E-state index contributed by atoms with van der Waals surface area (Å²) < 4.78 is 5.66. The molecule has 1 aromatic heterocycles. The topological polar surface area (TPSA) is 47.0 Å². The summed E-state index contributed by atoms with van der Waals surface area (Å²) in [6, 6.07) is 0.727. The molecule has 19 heavy (non-hydrogen) atoms. The van der Waals surface area contributed by atoms with Gasteiger partial charge in [-0.3, -0.25) is 0 Å². The van der Waals surface area contributed by atoms with Gasteiger partial charge in [0.2, 0.25) is 0 Å². The predicted octanol–water partition coefficient (Wildman–Crippen LogP) is 2.07. The molecule has 0 spiro atoms. The summed E-state index contributed by atoms with van der Waals surface area (Å²) in [6.07, 6.45) is 6.14. The minimum Gasteiger partial charge on any atom is -0.378 e. The zero-order valence-electron chi connectivity index (χ0n) is 11.9. The van der Waals surface area contributed by atoms with Crippen molar-refractivity contribution in [2.45, 2.75) is 64.6 Å². The highest BCUT2D eigenvalue weighted by Gasteiger charge is 2.22. The number of aryl methyl sites for hydroxylation is 2. The van der Waals surface area contributed by atoms with Crippen molar-refractivity contribution < 1.29 is 4.74 Å². The summed E-state index contributed by atoms with van der Waals surface area (Å²) in [5.41, 5.74) is 3.50. The minimum absolute atomic E-state index is 0.328. The molecule has 2 fully saturated rings. The van der Waals surface area contributed by atoms with Crippen LogP contribution in [0.2, 0.25) is 0 Å². The second kappa shape index (κ2) is 5.55. The molecule has 4 nitrogen and oxygen atoms in total. The van der Waals surface area contributed by atoms with E-state index in [2.05, 4.69) is 29.1 Å². The van der Waals surface area contributed by atoms with E-state index in [0.29, 0.717) is 6.10 Å². The fourth-order valence-electron chi connectivity index (χ4n) is 2.70. The van der Waals surface area contributed by atoms with Crippen LogP contribution in [0.25, 0.3) is 0 Å². The van der Waals surface area contributed by atoms with E-state index in [4.69, 9.17) is 4.74 Å². The lowest BCUT2D eigenvalue weighted by Gasteiger charge is -2.13. The Balaban J connectivity index is 1.68. The molecule has 0 amide bonds. The quantitative estimate of drug-likeness (QED) is 0.881. The summed E-state index contributed by atoms with van der Waals surface area (Å²) in [7, 11) is 0. The van der Waals surface area contributed by atoms with Gasteiger partial charge in [0.25, 0.3) is 0 Å². The van der Waals surface area contributed by atoms with Crippen LogP contribution >= 0.6 is 0 Å². The van der Waals surface area contributed by atoms with Crippen molar-refractivity contribution >= 4 is 0 Å². The van der Waals surface area contributed by atoms with E-state index < -0.39 is 0 Å². The molecule has 2 heterocycles. The standard InChI is InChI=1S/C15H23N3O/c1-10-14(9-16-12-5-6-12)11(2)18-15(17-10)8-13-4-3-7-19-13/h12-13,16H,3-9H2,1-2H3. The van der Waals surface area contributed by atoms with Crippen LogP contribution in [-0.4, -0.2) is 28.7 Å². The SMILES string of the molecule is Cc1nc(CC2CCCO2)nc(C)c1CNC1CC1. The third-order valence-electron chi connectivity index (χ3n) is 4.05.